The largest absolute Gasteiger partial charge is 0.454 e. The number of ether oxygens (including phenoxy) is 2. The number of aromatic nitrogens is 2. The van der Waals surface area contributed by atoms with E-state index in [4.69, 9.17) is 14.5 Å². The van der Waals surface area contributed by atoms with Crippen molar-refractivity contribution in [1.29, 1.82) is 0 Å². The molecule has 33 heavy (non-hydrogen) atoms. The number of nitrogens with one attached hydrogen (secondary N) is 1. The summed E-state index contributed by atoms with van der Waals surface area (Å²) in [5.74, 6) is 2.02. The minimum absolute atomic E-state index is 0.155. The summed E-state index contributed by atoms with van der Waals surface area (Å²) in [7, 11) is 0. The number of hydrogen-bond donors (Lipinski definition) is 1. The van der Waals surface area contributed by atoms with Gasteiger partial charge in [-0.25, -0.2) is 9.97 Å². The molecule has 0 spiro atoms. The SMILES string of the molecule is O=C(NCc1ccc2c(c1)OCO2)c1cnc(N2CCCC2)nc1C1(c2ccccc2)CC1. The van der Waals surface area contributed by atoms with Crippen LogP contribution in [0.2, 0.25) is 0 Å². The first kappa shape index (κ1) is 20.0. The van der Waals surface area contributed by atoms with Crippen LogP contribution < -0.4 is 19.7 Å². The third-order valence-corrected chi connectivity index (χ3v) is 6.83. The molecule has 1 amide bonds. The first-order valence-electron chi connectivity index (χ1n) is 11.6. The Labute approximate surface area is 192 Å². The summed E-state index contributed by atoms with van der Waals surface area (Å²) in [6, 6.07) is 16.1. The fourth-order valence-corrected chi connectivity index (χ4v) is 4.85. The van der Waals surface area contributed by atoms with E-state index in [0.29, 0.717) is 17.9 Å². The van der Waals surface area contributed by atoms with Gasteiger partial charge in [0.05, 0.1) is 11.3 Å². The van der Waals surface area contributed by atoms with Gasteiger partial charge in [0.1, 0.15) is 0 Å². The first-order valence-corrected chi connectivity index (χ1v) is 11.6. The predicted octanol–water partition coefficient (Wildman–Crippen LogP) is 3.82. The van der Waals surface area contributed by atoms with Gasteiger partial charge in [-0.2, -0.15) is 0 Å². The normalized spacial score (nSPS) is 17.8. The molecule has 7 nitrogen and oxygen atoms in total. The Morgan fingerprint density at radius 2 is 1.82 bits per heavy atom. The van der Waals surface area contributed by atoms with E-state index in [2.05, 4.69) is 39.5 Å². The van der Waals surface area contributed by atoms with Crippen molar-refractivity contribution in [3.63, 3.8) is 0 Å². The van der Waals surface area contributed by atoms with Gasteiger partial charge in [-0.05, 0) is 48.9 Å². The molecule has 2 aromatic carbocycles. The predicted molar refractivity (Wildman–Crippen MR) is 124 cm³/mol. The summed E-state index contributed by atoms with van der Waals surface area (Å²) in [5, 5.41) is 3.06. The Hall–Kier alpha value is -3.61. The van der Waals surface area contributed by atoms with Crippen LogP contribution in [0.3, 0.4) is 0 Å². The van der Waals surface area contributed by atoms with Gasteiger partial charge >= 0.3 is 0 Å². The molecular formula is C26H26N4O3. The highest BCUT2D eigenvalue weighted by molar-refractivity contribution is 5.95. The van der Waals surface area contributed by atoms with Crippen molar-refractivity contribution in [3.8, 4) is 11.5 Å². The molecule has 0 bridgehead atoms. The zero-order valence-corrected chi connectivity index (χ0v) is 18.4. The molecule has 6 rings (SSSR count). The van der Waals surface area contributed by atoms with E-state index in [9.17, 15) is 4.79 Å². The Bertz CT molecular complexity index is 1190. The maximum atomic E-state index is 13.4. The van der Waals surface area contributed by atoms with Gasteiger partial charge in [0, 0.05) is 31.2 Å². The van der Waals surface area contributed by atoms with Gasteiger partial charge < -0.3 is 19.7 Å². The summed E-state index contributed by atoms with van der Waals surface area (Å²) in [5.41, 5.74) is 3.34. The second kappa shape index (κ2) is 8.06. The van der Waals surface area contributed by atoms with E-state index in [1.165, 1.54) is 5.56 Å². The highest BCUT2D eigenvalue weighted by atomic mass is 16.7. The van der Waals surface area contributed by atoms with Gasteiger partial charge in [0.25, 0.3) is 5.91 Å². The Balaban J connectivity index is 1.31. The molecule has 168 valence electrons. The molecule has 7 heteroatoms. The monoisotopic (exact) mass is 442 g/mol. The van der Waals surface area contributed by atoms with Gasteiger partial charge in [-0.15, -0.1) is 0 Å². The van der Waals surface area contributed by atoms with Crippen LogP contribution in [0.1, 0.15) is 52.9 Å². The van der Waals surface area contributed by atoms with Crippen LogP contribution in [0.4, 0.5) is 5.95 Å². The first-order chi connectivity index (χ1) is 16.2. The zero-order valence-electron chi connectivity index (χ0n) is 18.4. The Morgan fingerprint density at radius 3 is 2.61 bits per heavy atom. The highest BCUT2D eigenvalue weighted by Crippen LogP contribution is 2.53. The van der Waals surface area contributed by atoms with Gasteiger partial charge in [0.15, 0.2) is 11.5 Å². The molecule has 2 aliphatic heterocycles. The van der Waals surface area contributed by atoms with Crippen LogP contribution in [0.15, 0.2) is 54.7 Å². The lowest BCUT2D eigenvalue weighted by Gasteiger charge is -2.22. The fraction of sp³-hybridized carbons (Fsp3) is 0.346. The molecule has 1 aromatic heterocycles. The number of carbonyl (C=O) groups excluding carboxylic acids is 1. The number of carbonyl (C=O) groups is 1. The Morgan fingerprint density at radius 1 is 1.03 bits per heavy atom. The molecule has 1 saturated heterocycles. The van der Waals surface area contributed by atoms with E-state index in [0.717, 1.165) is 61.7 Å². The quantitative estimate of drug-likeness (QED) is 0.626. The van der Waals surface area contributed by atoms with Crippen molar-refractivity contribution < 1.29 is 14.3 Å². The third kappa shape index (κ3) is 3.67. The smallest absolute Gasteiger partial charge is 0.255 e. The van der Waals surface area contributed by atoms with E-state index in [-0.39, 0.29) is 18.1 Å². The Kier molecular flexibility index (Phi) is 4.89. The van der Waals surface area contributed by atoms with Gasteiger partial charge in [-0.3, -0.25) is 4.79 Å². The van der Waals surface area contributed by atoms with Crippen LogP contribution in [-0.2, 0) is 12.0 Å². The molecule has 3 aliphatic rings. The maximum Gasteiger partial charge on any atom is 0.255 e. The van der Waals surface area contributed by atoms with E-state index in [1.807, 2.05) is 24.3 Å². The lowest BCUT2D eigenvalue weighted by atomic mass is 9.89. The van der Waals surface area contributed by atoms with Crippen LogP contribution in [0, 0.1) is 0 Å². The van der Waals surface area contributed by atoms with Crippen LogP contribution in [0.5, 0.6) is 11.5 Å². The van der Waals surface area contributed by atoms with E-state index < -0.39 is 0 Å². The number of rotatable bonds is 6. The standard InChI is InChI=1S/C26H26N4O3/c31-24(27-15-18-8-9-21-22(14-18)33-17-32-21)20-16-28-25(30-12-4-5-13-30)29-23(20)26(10-11-26)19-6-2-1-3-7-19/h1-3,6-9,14,16H,4-5,10-13,15,17H2,(H,27,31). The summed E-state index contributed by atoms with van der Waals surface area (Å²) in [6.07, 6.45) is 5.99. The number of hydrogen-bond acceptors (Lipinski definition) is 6. The molecule has 3 heterocycles. The minimum Gasteiger partial charge on any atom is -0.454 e. The molecule has 0 atom stereocenters. The molecule has 0 radical (unpaired) electrons. The summed E-state index contributed by atoms with van der Waals surface area (Å²) in [6.45, 7) is 2.55. The third-order valence-electron chi connectivity index (χ3n) is 6.83. The number of nitrogens with zero attached hydrogens (tertiary/aromatic N) is 3. The number of fused-ring (bicyclic) bond motifs is 1. The van der Waals surface area contributed by atoms with Crippen molar-refractivity contribution in [2.24, 2.45) is 0 Å². The average Bonchev–Trinajstić information content (AvgIpc) is 3.25. The summed E-state index contributed by atoms with van der Waals surface area (Å²) < 4.78 is 10.8. The van der Waals surface area contributed by atoms with Gasteiger partial charge in [0.2, 0.25) is 12.7 Å². The lowest BCUT2D eigenvalue weighted by molar-refractivity contribution is 0.0948. The zero-order chi connectivity index (χ0) is 22.3. The minimum atomic E-state index is -0.218. The van der Waals surface area contributed by atoms with Crippen LogP contribution >= 0.6 is 0 Å². The number of anilines is 1. The molecular weight excluding hydrogens is 416 g/mol. The summed E-state index contributed by atoms with van der Waals surface area (Å²) in [4.78, 5) is 25.2. The van der Waals surface area contributed by atoms with Crippen molar-refractivity contribution in [2.45, 2.75) is 37.6 Å². The average molecular weight is 443 g/mol. The van der Waals surface area contributed by atoms with Crippen LogP contribution in [-0.4, -0.2) is 35.8 Å². The molecule has 0 unspecified atom stereocenters. The fourth-order valence-electron chi connectivity index (χ4n) is 4.85. The number of benzene rings is 2. The van der Waals surface area contributed by atoms with Crippen molar-refractivity contribution in [3.05, 3.63) is 77.1 Å². The molecule has 3 aromatic rings. The lowest BCUT2D eigenvalue weighted by Crippen LogP contribution is -2.29. The van der Waals surface area contributed by atoms with Crippen LogP contribution in [0.25, 0.3) is 0 Å². The van der Waals surface area contributed by atoms with E-state index >= 15 is 0 Å². The van der Waals surface area contributed by atoms with Gasteiger partial charge in [-0.1, -0.05) is 36.4 Å². The highest BCUT2D eigenvalue weighted by Gasteiger charge is 2.49. The molecule has 2 fully saturated rings. The maximum absolute atomic E-state index is 13.4. The summed E-state index contributed by atoms with van der Waals surface area (Å²) >= 11 is 0. The number of amides is 1. The van der Waals surface area contributed by atoms with Crippen molar-refractivity contribution in [1.82, 2.24) is 15.3 Å². The molecule has 1 N–H and O–H groups in total. The second-order valence-corrected chi connectivity index (χ2v) is 8.94. The van der Waals surface area contributed by atoms with Crippen molar-refractivity contribution >= 4 is 11.9 Å². The second-order valence-electron chi connectivity index (χ2n) is 8.94. The topological polar surface area (TPSA) is 76.6 Å². The van der Waals surface area contributed by atoms with Crippen molar-refractivity contribution in [2.75, 3.05) is 24.8 Å². The molecule has 1 aliphatic carbocycles. The van der Waals surface area contributed by atoms with E-state index in [1.54, 1.807) is 6.20 Å². The molecule has 1 saturated carbocycles.